The summed E-state index contributed by atoms with van der Waals surface area (Å²) in [5, 5.41) is 12.0. The van der Waals surface area contributed by atoms with E-state index in [1.54, 1.807) is 12.2 Å². The van der Waals surface area contributed by atoms with E-state index in [-0.39, 0.29) is 5.70 Å². The highest BCUT2D eigenvalue weighted by Crippen LogP contribution is 2.32. The third kappa shape index (κ3) is 6.07. The van der Waals surface area contributed by atoms with E-state index in [9.17, 15) is 5.26 Å². The lowest BCUT2D eigenvalue weighted by Gasteiger charge is -2.20. The van der Waals surface area contributed by atoms with Crippen LogP contribution in [0.25, 0.3) is 44.5 Å². The van der Waals surface area contributed by atoms with Crippen LogP contribution in [-0.4, -0.2) is 17.7 Å². The van der Waals surface area contributed by atoms with Gasteiger partial charge < -0.3 is 14.2 Å². The quantitative estimate of drug-likeness (QED) is 0.135. The van der Waals surface area contributed by atoms with Crippen molar-refractivity contribution < 1.29 is 4.74 Å². The normalized spacial score (nSPS) is 14.2. The maximum atomic E-state index is 9.55. The van der Waals surface area contributed by atoms with Gasteiger partial charge in [0.05, 0.1) is 23.7 Å². The molecule has 0 fully saturated rings. The predicted octanol–water partition coefficient (Wildman–Crippen LogP) is 9.85. The van der Waals surface area contributed by atoms with E-state index < -0.39 is 0 Å². The van der Waals surface area contributed by atoms with Crippen LogP contribution in [-0.2, 0) is 4.74 Å². The van der Waals surface area contributed by atoms with Crippen molar-refractivity contribution in [1.82, 2.24) is 4.57 Å². The zero-order valence-corrected chi connectivity index (χ0v) is 25.3. The van der Waals surface area contributed by atoms with Crippen molar-refractivity contribution >= 4 is 39.6 Å². The molecule has 1 aliphatic rings. The van der Waals surface area contributed by atoms with Crippen molar-refractivity contribution in [3.05, 3.63) is 167 Å². The van der Waals surface area contributed by atoms with Crippen molar-refractivity contribution in [2.45, 2.75) is 13.8 Å². The highest BCUT2D eigenvalue weighted by atomic mass is 16.5. The fourth-order valence-corrected chi connectivity index (χ4v) is 5.68. The standard InChI is InChI=1S/C40H32N4O/c1-4-43(5-2)32-20-14-29(15-21-32)18-24-34-26-31(38(28-41)42-3)27-35(45-34)25-19-30-16-22-33(23-17-30)44-39-12-8-6-10-36(39)37-11-7-9-13-40(37)44/h6-27H,4-5H2,1-2H3/b24-18+,25-19+,38-31+. The van der Waals surface area contributed by atoms with Gasteiger partial charge >= 0.3 is 0 Å². The Morgan fingerprint density at radius 1 is 0.756 bits per heavy atom. The second kappa shape index (κ2) is 13.1. The Morgan fingerprint density at radius 2 is 1.27 bits per heavy atom. The van der Waals surface area contributed by atoms with Gasteiger partial charge in [0.25, 0.3) is 5.70 Å². The van der Waals surface area contributed by atoms with Gasteiger partial charge in [-0.3, -0.25) is 0 Å². The Hall–Kier alpha value is -6.04. The minimum absolute atomic E-state index is 0.0224. The van der Waals surface area contributed by atoms with E-state index in [4.69, 9.17) is 11.3 Å². The van der Waals surface area contributed by atoms with Gasteiger partial charge in [0, 0.05) is 35.2 Å². The summed E-state index contributed by atoms with van der Waals surface area (Å²) < 4.78 is 8.45. The molecule has 0 spiro atoms. The molecule has 0 saturated carbocycles. The molecular weight excluding hydrogens is 552 g/mol. The first-order valence-electron chi connectivity index (χ1n) is 15.0. The molecule has 0 aliphatic carbocycles. The maximum Gasteiger partial charge on any atom is 0.269 e. The Labute approximate surface area is 264 Å². The average molecular weight is 585 g/mol. The number of aromatic nitrogens is 1. The largest absolute Gasteiger partial charge is 0.457 e. The van der Waals surface area contributed by atoms with Crippen molar-refractivity contribution in [2.75, 3.05) is 18.0 Å². The number of benzene rings is 4. The molecule has 2 heterocycles. The zero-order chi connectivity index (χ0) is 31.2. The second-order valence-corrected chi connectivity index (χ2v) is 10.6. The van der Waals surface area contributed by atoms with Gasteiger partial charge in [0.2, 0.25) is 0 Å². The molecule has 0 N–H and O–H groups in total. The zero-order valence-electron chi connectivity index (χ0n) is 25.3. The fraction of sp³-hybridized carbons (Fsp3) is 0.100. The van der Waals surface area contributed by atoms with Crippen molar-refractivity contribution in [3.63, 3.8) is 0 Å². The number of hydrogen-bond donors (Lipinski definition) is 0. The summed E-state index contributed by atoms with van der Waals surface area (Å²) in [6.45, 7) is 13.7. The molecule has 5 aromatic rings. The Morgan fingerprint density at radius 3 is 1.76 bits per heavy atom. The summed E-state index contributed by atoms with van der Waals surface area (Å²) in [7, 11) is 0. The van der Waals surface area contributed by atoms with Crippen LogP contribution in [0.3, 0.4) is 0 Å². The van der Waals surface area contributed by atoms with E-state index in [0.717, 1.165) is 29.9 Å². The van der Waals surface area contributed by atoms with E-state index in [1.165, 1.54) is 27.5 Å². The van der Waals surface area contributed by atoms with E-state index in [2.05, 4.69) is 125 Å². The molecular formula is C40H32N4O. The number of nitrogens with zero attached hydrogens (tertiary/aromatic N) is 4. The third-order valence-corrected chi connectivity index (χ3v) is 7.96. The highest BCUT2D eigenvalue weighted by Gasteiger charge is 2.13. The molecule has 218 valence electrons. The van der Waals surface area contributed by atoms with Gasteiger partial charge in [-0.1, -0.05) is 72.8 Å². The summed E-state index contributed by atoms with van der Waals surface area (Å²) in [5.41, 5.74) is 7.18. The first-order valence-corrected chi connectivity index (χ1v) is 15.0. The van der Waals surface area contributed by atoms with Crippen molar-refractivity contribution in [3.8, 4) is 11.8 Å². The van der Waals surface area contributed by atoms with E-state index in [0.29, 0.717) is 17.1 Å². The van der Waals surface area contributed by atoms with Gasteiger partial charge in [-0.25, -0.2) is 10.1 Å². The molecule has 1 aromatic heterocycles. The number of rotatable bonds is 8. The molecule has 0 amide bonds. The maximum absolute atomic E-state index is 9.55. The summed E-state index contributed by atoms with van der Waals surface area (Å²) in [4.78, 5) is 5.72. The van der Waals surface area contributed by atoms with Crippen molar-refractivity contribution in [2.24, 2.45) is 0 Å². The number of para-hydroxylation sites is 2. The molecule has 0 radical (unpaired) electrons. The molecule has 1 aliphatic heterocycles. The predicted molar refractivity (Wildman–Crippen MR) is 185 cm³/mol. The van der Waals surface area contributed by atoms with Gasteiger partial charge in [-0.2, -0.15) is 0 Å². The molecule has 0 bridgehead atoms. The van der Waals surface area contributed by atoms with Crippen LogP contribution in [0.4, 0.5) is 5.69 Å². The number of hydrogen-bond acceptors (Lipinski definition) is 3. The average Bonchev–Trinajstić information content (AvgIpc) is 3.43. The number of ether oxygens (including phenoxy) is 1. The van der Waals surface area contributed by atoms with E-state index in [1.807, 2.05) is 30.4 Å². The lowest BCUT2D eigenvalue weighted by atomic mass is 10.1. The molecule has 5 heteroatoms. The minimum Gasteiger partial charge on any atom is -0.457 e. The second-order valence-electron chi connectivity index (χ2n) is 10.6. The molecule has 0 atom stereocenters. The topological polar surface area (TPSA) is 45.6 Å². The van der Waals surface area contributed by atoms with Crippen molar-refractivity contribution in [1.29, 1.82) is 5.26 Å². The van der Waals surface area contributed by atoms with Gasteiger partial charge in [-0.15, -0.1) is 0 Å². The summed E-state index contributed by atoms with van der Waals surface area (Å²) in [6.07, 6.45) is 11.1. The minimum atomic E-state index is 0.0224. The van der Waals surface area contributed by atoms with Crippen LogP contribution in [0.1, 0.15) is 25.0 Å². The highest BCUT2D eigenvalue weighted by molar-refractivity contribution is 6.09. The van der Waals surface area contributed by atoms with Gasteiger partial charge in [0.15, 0.2) is 0 Å². The summed E-state index contributed by atoms with van der Waals surface area (Å²) in [6, 6.07) is 35.7. The van der Waals surface area contributed by atoms with Crippen LogP contribution >= 0.6 is 0 Å². The smallest absolute Gasteiger partial charge is 0.269 e. The van der Waals surface area contributed by atoms with E-state index >= 15 is 0 Å². The monoisotopic (exact) mass is 584 g/mol. The third-order valence-electron chi connectivity index (χ3n) is 7.96. The molecule has 0 unspecified atom stereocenters. The lowest BCUT2D eigenvalue weighted by molar-refractivity contribution is 0.332. The van der Waals surface area contributed by atoms with Crippen LogP contribution in [0.15, 0.2) is 144 Å². The first kappa shape index (κ1) is 29.1. The number of allylic oxidation sites excluding steroid dienone is 6. The molecule has 0 saturated heterocycles. The number of anilines is 1. The molecule has 4 aromatic carbocycles. The Kier molecular flexibility index (Phi) is 8.45. The van der Waals surface area contributed by atoms with Crippen LogP contribution in [0, 0.1) is 17.9 Å². The summed E-state index contributed by atoms with van der Waals surface area (Å²) in [5.74, 6) is 1.10. The number of nitriles is 1. The van der Waals surface area contributed by atoms with Gasteiger partial charge in [-0.05, 0) is 91.2 Å². The molecule has 5 nitrogen and oxygen atoms in total. The van der Waals surface area contributed by atoms with Crippen LogP contribution in [0.5, 0.6) is 0 Å². The molecule has 45 heavy (non-hydrogen) atoms. The Bertz CT molecular complexity index is 2030. The molecule has 6 rings (SSSR count). The first-order chi connectivity index (χ1) is 22.1. The summed E-state index contributed by atoms with van der Waals surface area (Å²) >= 11 is 0. The Balaban J connectivity index is 1.24. The van der Waals surface area contributed by atoms with Gasteiger partial charge in [0.1, 0.15) is 11.5 Å². The number of fused-ring (bicyclic) bond motifs is 3. The van der Waals surface area contributed by atoms with Crippen LogP contribution < -0.4 is 4.90 Å². The SMILES string of the molecule is [C-]#[N+]/C(C#N)=C1C=C(/C=C/c2ccc(N(CC)CC)cc2)OC(/C=C/c2ccc(-n3c4ccccc4c4ccccc43)cc2)=C\1. The lowest BCUT2D eigenvalue weighted by Crippen LogP contribution is -2.21. The van der Waals surface area contributed by atoms with Crippen LogP contribution in [0.2, 0.25) is 0 Å². The fourth-order valence-electron chi connectivity index (χ4n) is 5.68.